The lowest BCUT2D eigenvalue weighted by Gasteiger charge is -2.23. The molecule has 0 saturated carbocycles. The Hall–Kier alpha value is -5.52. The van der Waals surface area contributed by atoms with E-state index in [-0.39, 0.29) is 26.4 Å². The van der Waals surface area contributed by atoms with E-state index in [0.29, 0.717) is 11.4 Å². The van der Waals surface area contributed by atoms with Crippen LogP contribution in [0.3, 0.4) is 0 Å². The molecule has 0 radical (unpaired) electrons. The van der Waals surface area contributed by atoms with Gasteiger partial charge in [-0.15, -0.1) is 0 Å². The highest BCUT2D eigenvalue weighted by Crippen LogP contribution is 2.30. The van der Waals surface area contributed by atoms with Gasteiger partial charge in [-0.3, -0.25) is 0 Å². The van der Waals surface area contributed by atoms with Crippen molar-refractivity contribution in [2.45, 2.75) is 41.5 Å². The maximum atomic E-state index is 12.2. The van der Waals surface area contributed by atoms with E-state index in [0.717, 1.165) is 42.7 Å². The number of hydrazine groups is 2. The van der Waals surface area contributed by atoms with Gasteiger partial charge in [-0.05, 0) is 75.6 Å². The van der Waals surface area contributed by atoms with Crippen LogP contribution < -0.4 is 20.9 Å². The lowest BCUT2D eigenvalue weighted by atomic mass is 10.0. The summed E-state index contributed by atoms with van der Waals surface area (Å²) in [4.78, 5) is 48.0. The quantitative estimate of drug-likeness (QED) is 0.164. The minimum Gasteiger partial charge on any atom is -0.449 e. The minimum atomic E-state index is -0.717. The maximum Gasteiger partial charge on any atom is 0.433 e. The SMILES string of the molecule is CCOC(=O)NN(C(=O)OCC)c1ccc(C)c2ccccc12.CCOC(=O)NN(C(=O)OCC)c1ccc(C)c2ccccc12. The van der Waals surface area contributed by atoms with Crippen LogP contribution in [0.15, 0.2) is 72.8 Å². The Kier molecular flexibility index (Phi) is 13.0. The Labute approximate surface area is 268 Å². The second kappa shape index (κ2) is 17.1. The number of rotatable bonds is 6. The van der Waals surface area contributed by atoms with E-state index < -0.39 is 24.4 Å². The molecule has 0 heterocycles. The van der Waals surface area contributed by atoms with E-state index in [1.54, 1.807) is 39.8 Å². The summed E-state index contributed by atoms with van der Waals surface area (Å²) >= 11 is 0. The standard InChI is InChI=1S/2C17H20N2O4/c2*1-4-22-16(20)18-19(17(21)23-5-2)15-11-10-12(3)13-8-6-7-9-14(13)15/h2*6-11H,4-5H2,1-3H3,(H,18,20). The highest BCUT2D eigenvalue weighted by molar-refractivity contribution is 6.04. The highest BCUT2D eigenvalue weighted by Gasteiger charge is 2.24. The molecule has 0 fully saturated rings. The fraction of sp³-hybridized carbons (Fsp3) is 0.294. The van der Waals surface area contributed by atoms with E-state index in [9.17, 15) is 19.2 Å². The Morgan fingerprint density at radius 1 is 0.500 bits per heavy atom. The third-order valence-electron chi connectivity index (χ3n) is 6.58. The van der Waals surface area contributed by atoms with Crippen molar-refractivity contribution in [2.75, 3.05) is 36.4 Å². The van der Waals surface area contributed by atoms with E-state index in [1.807, 2.05) is 74.5 Å². The first kappa shape index (κ1) is 35.0. The molecular weight excluding hydrogens is 592 g/mol. The van der Waals surface area contributed by atoms with Crippen LogP contribution in [0.1, 0.15) is 38.8 Å². The number of ether oxygens (including phenoxy) is 4. The number of carbonyl (C=O) groups excluding carboxylic acids is 4. The number of hydrogen-bond acceptors (Lipinski definition) is 8. The van der Waals surface area contributed by atoms with Crippen LogP contribution in [0.2, 0.25) is 0 Å². The molecule has 4 aromatic carbocycles. The lowest BCUT2D eigenvalue weighted by Crippen LogP contribution is -2.47. The molecular formula is C34H40N4O8. The maximum absolute atomic E-state index is 12.2. The average molecular weight is 633 g/mol. The van der Waals surface area contributed by atoms with E-state index in [2.05, 4.69) is 10.9 Å². The van der Waals surface area contributed by atoms with Crippen LogP contribution in [0.4, 0.5) is 30.6 Å². The molecule has 0 aromatic heterocycles. The molecule has 0 saturated heterocycles. The van der Waals surface area contributed by atoms with Gasteiger partial charge in [0.2, 0.25) is 0 Å². The number of anilines is 2. The molecule has 0 atom stereocenters. The van der Waals surface area contributed by atoms with E-state index in [4.69, 9.17) is 18.9 Å². The molecule has 0 unspecified atom stereocenters. The van der Waals surface area contributed by atoms with Gasteiger partial charge in [0.15, 0.2) is 0 Å². The van der Waals surface area contributed by atoms with Gasteiger partial charge in [0.1, 0.15) is 0 Å². The second-order valence-electron chi connectivity index (χ2n) is 9.63. The largest absolute Gasteiger partial charge is 0.449 e. The number of amides is 4. The number of nitrogens with one attached hydrogen (secondary N) is 2. The van der Waals surface area contributed by atoms with Crippen LogP contribution in [-0.4, -0.2) is 50.8 Å². The van der Waals surface area contributed by atoms with Crippen LogP contribution in [0, 0.1) is 13.8 Å². The summed E-state index contributed by atoms with van der Waals surface area (Å²) in [7, 11) is 0. The fourth-order valence-electron chi connectivity index (χ4n) is 4.55. The fourth-order valence-corrected chi connectivity index (χ4v) is 4.55. The van der Waals surface area contributed by atoms with Gasteiger partial charge in [0, 0.05) is 10.8 Å². The van der Waals surface area contributed by atoms with Crippen molar-refractivity contribution in [3.8, 4) is 0 Å². The summed E-state index contributed by atoms with van der Waals surface area (Å²) in [5, 5.41) is 5.79. The molecule has 46 heavy (non-hydrogen) atoms. The Morgan fingerprint density at radius 2 is 0.826 bits per heavy atom. The minimum absolute atomic E-state index is 0.198. The first-order valence-electron chi connectivity index (χ1n) is 14.9. The molecule has 244 valence electrons. The van der Waals surface area contributed by atoms with Gasteiger partial charge >= 0.3 is 24.4 Å². The molecule has 4 aromatic rings. The normalized spacial score (nSPS) is 10.2. The summed E-state index contributed by atoms with van der Waals surface area (Å²) in [6, 6.07) is 22.6. The number of benzene rings is 4. The smallest absolute Gasteiger partial charge is 0.433 e. The number of fused-ring (bicyclic) bond motifs is 2. The summed E-state index contributed by atoms with van der Waals surface area (Å²) in [5.41, 5.74) is 8.05. The Balaban J connectivity index is 0.000000250. The van der Waals surface area contributed by atoms with E-state index >= 15 is 0 Å². The van der Waals surface area contributed by atoms with Crippen molar-refractivity contribution >= 4 is 57.3 Å². The zero-order valence-electron chi connectivity index (χ0n) is 26.9. The molecule has 0 spiro atoms. The first-order valence-corrected chi connectivity index (χ1v) is 14.9. The molecule has 2 N–H and O–H groups in total. The van der Waals surface area contributed by atoms with Gasteiger partial charge in [-0.2, -0.15) is 10.0 Å². The molecule has 0 bridgehead atoms. The van der Waals surface area contributed by atoms with Gasteiger partial charge in [-0.25, -0.2) is 30.0 Å². The molecule has 4 amide bonds. The number of carbonyl (C=O) groups is 4. The molecule has 12 heteroatoms. The van der Waals surface area contributed by atoms with Crippen LogP contribution in [-0.2, 0) is 18.9 Å². The van der Waals surface area contributed by atoms with Crippen molar-refractivity contribution in [1.82, 2.24) is 10.9 Å². The Bertz CT molecular complexity index is 1550. The monoisotopic (exact) mass is 632 g/mol. The average Bonchev–Trinajstić information content (AvgIpc) is 3.04. The number of hydrogen-bond donors (Lipinski definition) is 2. The summed E-state index contributed by atoms with van der Waals surface area (Å²) in [6.07, 6.45) is -2.78. The van der Waals surface area contributed by atoms with Crippen LogP contribution >= 0.6 is 0 Å². The molecule has 0 aliphatic rings. The van der Waals surface area contributed by atoms with Crippen molar-refractivity contribution in [1.29, 1.82) is 0 Å². The van der Waals surface area contributed by atoms with Gasteiger partial charge in [-0.1, -0.05) is 60.7 Å². The van der Waals surface area contributed by atoms with Crippen LogP contribution in [0.5, 0.6) is 0 Å². The van der Waals surface area contributed by atoms with E-state index in [1.165, 1.54) is 0 Å². The lowest BCUT2D eigenvalue weighted by molar-refractivity contribution is 0.139. The molecule has 12 nitrogen and oxygen atoms in total. The first-order chi connectivity index (χ1) is 22.2. The Morgan fingerprint density at radius 3 is 1.15 bits per heavy atom. The summed E-state index contributed by atoms with van der Waals surface area (Å²) < 4.78 is 19.8. The zero-order chi connectivity index (χ0) is 33.6. The third-order valence-corrected chi connectivity index (χ3v) is 6.58. The van der Waals surface area contributed by atoms with Crippen molar-refractivity contribution in [2.24, 2.45) is 0 Å². The van der Waals surface area contributed by atoms with Gasteiger partial charge < -0.3 is 18.9 Å². The molecule has 0 aliphatic heterocycles. The van der Waals surface area contributed by atoms with Crippen LogP contribution in [0.25, 0.3) is 21.5 Å². The number of nitrogens with zero attached hydrogens (tertiary/aromatic N) is 2. The van der Waals surface area contributed by atoms with Crippen molar-refractivity contribution in [3.05, 3.63) is 83.9 Å². The van der Waals surface area contributed by atoms with Crippen molar-refractivity contribution in [3.63, 3.8) is 0 Å². The van der Waals surface area contributed by atoms with Gasteiger partial charge in [0.25, 0.3) is 0 Å². The molecule has 4 rings (SSSR count). The third kappa shape index (κ3) is 8.78. The highest BCUT2D eigenvalue weighted by atomic mass is 16.6. The predicted octanol–water partition coefficient (Wildman–Crippen LogP) is 7.54. The predicted molar refractivity (Wildman–Crippen MR) is 177 cm³/mol. The van der Waals surface area contributed by atoms with Gasteiger partial charge in [0.05, 0.1) is 37.8 Å². The summed E-state index contributed by atoms with van der Waals surface area (Å²) in [5.74, 6) is 0. The molecule has 0 aliphatic carbocycles. The number of aryl methyl sites for hydroxylation is 2. The summed E-state index contributed by atoms with van der Waals surface area (Å²) in [6.45, 7) is 11.6. The topological polar surface area (TPSA) is 136 Å². The zero-order valence-corrected chi connectivity index (χ0v) is 26.9. The van der Waals surface area contributed by atoms with Crippen molar-refractivity contribution < 1.29 is 38.1 Å². The second-order valence-corrected chi connectivity index (χ2v) is 9.63.